The first-order valence-corrected chi connectivity index (χ1v) is 8.46. The molecule has 7 nitrogen and oxygen atoms in total. The van der Waals surface area contributed by atoms with Gasteiger partial charge >= 0.3 is 0 Å². The van der Waals surface area contributed by atoms with Crippen LogP contribution in [0.15, 0.2) is 35.4 Å². The Labute approximate surface area is 129 Å². The number of H-pyrrole nitrogens is 1. The van der Waals surface area contributed by atoms with Crippen LogP contribution >= 0.6 is 0 Å². The maximum absolute atomic E-state index is 12.0. The Morgan fingerprint density at radius 2 is 2.09 bits per heavy atom. The molecule has 1 aromatic carbocycles. The molecule has 0 aliphatic rings. The van der Waals surface area contributed by atoms with Gasteiger partial charge in [0.25, 0.3) is 5.91 Å². The standard InChI is InChI=1S/C14H18N4O3S/c1-18(2)14(19)12-9-16-17-13(12)15-8-10-5-4-6-11(7-10)22(3,20)21/h4-7,9H,8H2,1-3H3,(H2,15,16,17). The molecule has 0 aliphatic carbocycles. The number of carbonyl (C=O) groups is 1. The van der Waals surface area contributed by atoms with Crippen LogP contribution in [0.25, 0.3) is 0 Å². The zero-order valence-electron chi connectivity index (χ0n) is 12.6. The Morgan fingerprint density at radius 3 is 2.73 bits per heavy atom. The molecule has 0 bridgehead atoms. The van der Waals surface area contributed by atoms with E-state index in [9.17, 15) is 13.2 Å². The number of anilines is 1. The predicted molar refractivity (Wildman–Crippen MR) is 83.5 cm³/mol. The molecule has 0 saturated heterocycles. The van der Waals surface area contributed by atoms with Crippen molar-refractivity contribution in [3.05, 3.63) is 41.6 Å². The van der Waals surface area contributed by atoms with E-state index >= 15 is 0 Å². The molecule has 22 heavy (non-hydrogen) atoms. The van der Waals surface area contributed by atoms with Crippen molar-refractivity contribution >= 4 is 21.6 Å². The summed E-state index contributed by atoms with van der Waals surface area (Å²) in [6, 6.07) is 6.65. The van der Waals surface area contributed by atoms with E-state index in [-0.39, 0.29) is 10.8 Å². The van der Waals surface area contributed by atoms with Crippen LogP contribution in [0.3, 0.4) is 0 Å². The number of benzene rings is 1. The average molecular weight is 322 g/mol. The third-order valence-electron chi connectivity index (χ3n) is 3.07. The summed E-state index contributed by atoms with van der Waals surface area (Å²) in [5.74, 6) is 0.338. The van der Waals surface area contributed by atoms with Gasteiger partial charge in [0.15, 0.2) is 9.84 Å². The Hall–Kier alpha value is -2.35. The van der Waals surface area contributed by atoms with E-state index in [1.807, 2.05) is 6.07 Å². The molecule has 0 radical (unpaired) electrons. The van der Waals surface area contributed by atoms with Gasteiger partial charge in [-0.25, -0.2) is 8.42 Å². The first-order chi connectivity index (χ1) is 10.3. The van der Waals surface area contributed by atoms with Gasteiger partial charge in [-0.15, -0.1) is 0 Å². The van der Waals surface area contributed by atoms with Gasteiger partial charge in [0.05, 0.1) is 11.1 Å². The highest BCUT2D eigenvalue weighted by atomic mass is 32.2. The molecular formula is C14H18N4O3S. The second-order valence-corrected chi connectivity index (χ2v) is 7.15. The fraction of sp³-hybridized carbons (Fsp3) is 0.286. The van der Waals surface area contributed by atoms with Gasteiger partial charge in [-0.3, -0.25) is 9.89 Å². The second-order valence-electron chi connectivity index (χ2n) is 5.13. The maximum Gasteiger partial charge on any atom is 0.258 e. The number of aromatic amines is 1. The minimum absolute atomic E-state index is 0.166. The lowest BCUT2D eigenvalue weighted by Gasteiger charge is -2.11. The van der Waals surface area contributed by atoms with Crippen LogP contribution < -0.4 is 5.32 Å². The molecular weight excluding hydrogens is 304 g/mol. The predicted octanol–water partition coefficient (Wildman–Crippen LogP) is 1.13. The molecule has 8 heteroatoms. The zero-order chi connectivity index (χ0) is 16.3. The molecule has 118 valence electrons. The van der Waals surface area contributed by atoms with E-state index in [1.54, 1.807) is 32.3 Å². The minimum atomic E-state index is -3.24. The van der Waals surface area contributed by atoms with Gasteiger partial charge in [0, 0.05) is 26.9 Å². The van der Waals surface area contributed by atoms with Crippen LogP contribution in [0.2, 0.25) is 0 Å². The normalized spacial score (nSPS) is 11.2. The number of carbonyl (C=O) groups excluding carboxylic acids is 1. The quantitative estimate of drug-likeness (QED) is 0.860. The van der Waals surface area contributed by atoms with Gasteiger partial charge in [-0.2, -0.15) is 5.10 Å². The monoisotopic (exact) mass is 322 g/mol. The molecule has 1 heterocycles. The molecule has 0 fully saturated rings. The number of amides is 1. The summed E-state index contributed by atoms with van der Waals surface area (Å²) in [4.78, 5) is 13.7. The SMILES string of the molecule is CN(C)C(=O)c1cn[nH]c1NCc1cccc(S(C)(=O)=O)c1. The van der Waals surface area contributed by atoms with Crippen molar-refractivity contribution in [3.8, 4) is 0 Å². The Kier molecular flexibility index (Phi) is 4.51. The number of nitrogens with one attached hydrogen (secondary N) is 2. The fourth-order valence-corrected chi connectivity index (χ4v) is 2.59. The zero-order valence-corrected chi connectivity index (χ0v) is 13.4. The fourth-order valence-electron chi connectivity index (χ4n) is 1.90. The third-order valence-corrected chi connectivity index (χ3v) is 4.18. The summed E-state index contributed by atoms with van der Waals surface area (Å²) in [6.45, 7) is 0.374. The van der Waals surface area contributed by atoms with Gasteiger partial charge in [0.1, 0.15) is 11.4 Å². The van der Waals surface area contributed by atoms with Crippen molar-refractivity contribution in [2.24, 2.45) is 0 Å². The number of rotatable bonds is 5. The van der Waals surface area contributed by atoms with Gasteiger partial charge in [-0.05, 0) is 17.7 Å². The number of hydrogen-bond acceptors (Lipinski definition) is 5. The van der Waals surface area contributed by atoms with Crippen molar-refractivity contribution < 1.29 is 13.2 Å². The van der Waals surface area contributed by atoms with Crippen LogP contribution in [0.5, 0.6) is 0 Å². The summed E-state index contributed by atoms with van der Waals surface area (Å²) in [7, 11) is 0.0838. The minimum Gasteiger partial charge on any atom is -0.366 e. The molecule has 0 spiro atoms. The van der Waals surface area contributed by atoms with Gasteiger partial charge in [0.2, 0.25) is 0 Å². The summed E-state index contributed by atoms with van der Waals surface area (Å²) in [6.07, 6.45) is 2.62. The molecule has 2 rings (SSSR count). The lowest BCUT2D eigenvalue weighted by molar-refractivity contribution is 0.0828. The molecule has 2 aromatic rings. The first-order valence-electron chi connectivity index (χ1n) is 6.57. The van der Waals surface area contributed by atoms with Crippen LogP contribution in [0, 0.1) is 0 Å². The van der Waals surface area contributed by atoms with E-state index in [0.717, 1.165) is 5.56 Å². The van der Waals surface area contributed by atoms with Crippen molar-refractivity contribution in [1.29, 1.82) is 0 Å². The van der Waals surface area contributed by atoms with Crippen LogP contribution in [0.1, 0.15) is 15.9 Å². The summed E-state index contributed by atoms with van der Waals surface area (Å²) in [5.41, 5.74) is 1.23. The van der Waals surface area contributed by atoms with E-state index in [0.29, 0.717) is 17.9 Å². The van der Waals surface area contributed by atoms with Gasteiger partial charge in [-0.1, -0.05) is 12.1 Å². The number of sulfone groups is 1. The third kappa shape index (κ3) is 3.64. The highest BCUT2D eigenvalue weighted by Gasteiger charge is 2.15. The van der Waals surface area contributed by atoms with Crippen LogP contribution in [-0.4, -0.2) is 49.8 Å². The largest absolute Gasteiger partial charge is 0.366 e. The number of hydrogen-bond donors (Lipinski definition) is 2. The van der Waals surface area contributed by atoms with Crippen LogP contribution in [0.4, 0.5) is 5.82 Å². The average Bonchev–Trinajstić information content (AvgIpc) is 2.92. The molecule has 2 N–H and O–H groups in total. The van der Waals surface area contributed by atoms with E-state index in [2.05, 4.69) is 15.5 Å². The Balaban J connectivity index is 2.15. The van der Waals surface area contributed by atoms with Crippen molar-refractivity contribution in [2.45, 2.75) is 11.4 Å². The highest BCUT2D eigenvalue weighted by Crippen LogP contribution is 2.16. The lowest BCUT2D eigenvalue weighted by Crippen LogP contribution is -2.22. The topological polar surface area (TPSA) is 95.2 Å². The maximum atomic E-state index is 12.0. The molecule has 0 atom stereocenters. The van der Waals surface area contributed by atoms with E-state index < -0.39 is 9.84 Å². The van der Waals surface area contributed by atoms with Crippen molar-refractivity contribution in [1.82, 2.24) is 15.1 Å². The van der Waals surface area contributed by atoms with Gasteiger partial charge < -0.3 is 10.2 Å². The van der Waals surface area contributed by atoms with Crippen molar-refractivity contribution in [2.75, 3.05) is 25.7 Å². The van der Waals surface area contributed by atoms with E-state index in [1.165, 1.54) is 17.4 Å². The molecule has 1 amide bonds. The summed E-state index contributed by atoms with van der Waals surface area (Å²) < 4.78 is 23.1. The Bertz CT molecular complexity index is 781. The molecule has 1 aromatic heterocycles. The number of aromatic nitrogens is 2. The number of nitrogens with zero attached hydrogens (tertiary/aromatic N) is 2. The molecule has 0 saturated carbocycles. The summed E-state index contributed by atoms with van der Waals surface area (Å²) >= 11 is 0. The lowest BCUT2D eigenvalue weighted by atomic mass is 10.2. The second kappa shape index (κ2) is 6.18. The smallest absolute Gasteiger partial charge is 0.258 e. The molecule has 0 unspecified atom stereocenters. The highest BCUT2D eigenvalue weighted by molar-refractivity contribution is 7.90. The Morgan fingerprint density at radius 1 is 1.36 bits per heavy atom. The van der Waals surface area contributed by atoms with Crippen LogP contribution in [-0.2, 0) is 16.4 Å². The van der Waals surface area contributed by atoms with Crippen molar-refractivity contribution in [3.63, 3.8) is 0 Å². The molecule has 0 aliphatic heterocycles. The first kappa shape index (κ1) is 16.0. The summed E-state index contributed by atoms with van der Waals surface area (Å²) in [5, 5.41) is 9.66. The van der Waals surface area contributed by atoms with E-state index in [4.69, 9.17) is 0 Å².